The number of hydroxylamine groups is 1. The number of aryl methyl sites for hydroxylation is 2. The first kappa shape index (κ1) is 22.8. The van der Waals surface area contributed by atoms with E-state index in [9.17, 15) is 29.5 Å². The number of urea groups is 1. The van der Waals surface area contributed by atoms with Crippen LogP contribution < -0.4 is 15.3 Å². The van der Waals surface area contributed by atoms with Crippen molar-refractivity contribution in [1.82, 2.24) is 5.32 Å². The Labute approximate surface area is 180 Å². The van der Waals surface area contributed by atoms with Gasteiger partial charge in [0.2, 0.25) is 0 Å². The fraction of sp³-hybridized carbons (Fsp3) is 0.471. The lowest BCUT2D eigenvalue weighted by Crippen LogP contribution is -2.61. The maximum atomic E-state index is 12.6. The van der Waals surface area contributed by atoms with Crippen LogP contribution in [0.3, 0.4) is 0 Å². The molecule has 0 saturated carbocycles. The van der Waals surface area contributed by atoms with Crippen LogP contribution in [0.1, 0.15) is 11.1 Å². The Morgan fingerprint density at radius 2 is 1.78 bits per heavy atom. The Balaban J connectivity index is 1.66. The van der Waals surface area contributed by atoms with Crippen molar-refractivity contribution >= 4 is 37.0 Å². The van der Waals surface area contributed by atoms with Crippen molar-refractivity contribution in [2.45, 2.75) is 37.9 Å². The number of carbonyl (C=O) groups is 2. The van der Waals surface area contributed by atoms with Gasteiger partial charge in [0, 0.05) is 0 Å². The van der Waals surface area contributed by atoms with E-state index in [0.717, 1.165) is 11.1 Å². The topological polar surface area (TPSA) is 205 Å². The number of amides is 3. The Hall–Kier alpha value is -2.42. The van der Waals surface area contributed by atoms with Crippen LogP contribution in [-0.4, -0.2) is 80.1 Å². The number of β-amino-alcohol motifs (C(OH)–C–C–N with tert-alkyl or cyclic N) is 1. The Morgan fingerprint density at radius 3 is 2.41 bits per heavy atom. The molecule has 3 amide bonds. The molecule has 0 bridgehead atoms. The van der Waals surface area contributed by atoms with Gasteiger partial charge in [-0.1, -0.05) is 0 Å². The molecule has 4 rings (SSSR count). The first-order valence-electron chi connectivity index (χ1n) is 9.42. The maximum Gasteiger partial charge on any atom is 0.469 e. The number of phosphoric ester groups is 1. The molecule has 3 aliphatic heterocycles. The molecule has 3 aliphatic rings. The Bertz CT molecular complexity index is 1070. The molecule has 1 aromatic carbocycles. The normalized spacial score (nSPS) is 24.7. The zero-order chi connectivity index (χ0) is 23.6. The van der Waals surface area contributed by atoms with Gasteiger partial charge in [-0.3, -0.25) is 14.6 Å². The van der Waals surface area contributed by atoms with Crippen molar-refractivity contribution in [2.24, 2.45) is 4.99 Å². The summed E-state index contributed by atoms with van der Waals surface area (Å²) in [6.45, 7) is 2.29. The van der Waals surface area contributed by atoms with Crippen molar-refractivity contribution in [3.05, 3.63) is 23.3 Å². The quantitative estimate of drug-likeness (QED) is 0.196. The molecule has 1 spiro atoms. The van der Waals surface area contributed by atoms with Crippen LogP contribution in [0.15, 0.2) is 17.1 Å². The number of anilines is 2. The fourth-order valence-corrected chi connectivity index (χ4v) is 3.96. The highest BCUT2D eigenvalue weighted by molar-refractivity contribution is 7.46. The van der Waals surface area contributed by atoms with Crippen molar-refractivity contribution in [1.29, 1.82) is 0 Å². The third-order valence-corrected chi connectivity index (χ3v) is 5.93. The van der Waals surface area contributed by atoms with Gasteiger partial charge in [0.15, 0.2) is 5.84 Å². The minimum absolute atomic E-state index is 0.130. The standard InChI is InChI=1S/C17H21N4O10P/c1-7-3-9-10(4-8(7)2)21-17(31-21)14(18-16(26)19-15(17)25)20(9)5-11(22)13(24)12(23)6-30-32(27,28)29/h3-4,11-13,22-24H,5-6H2,1-2H3,(H,19,25,26)(H2,27,28,29)/t11-,12+,13-,17+,21?/m1/s1. The summed E-state index contributed by atoms with van der Waals surface area (Å²) in [4.78, 5) is 52.7. The molecule has 0 unspecified atom stereocenters. The summed E-state index contributed by atoms with van der Waals surface area (Å²) in [6.07, 6.45) is -5.44. The number of nitrogens with zero attached hydrogens (tertiary/aromatic N) is 3. The lowest BCUT2D eigenvalue weighted by Gasteiger charge is -2.37. The average molecular weight is 472 g/mol. The second-order valence-electron chi connectivity index (χ2n) is 7.67. The van der Waals surface area contributed by atoms with E-state index in [0.29, 0.717) is 11.4 Å². The van der Waals surface area contributed by atoms with Crippen LogP contribution in [0.4, 0.5) is 16.2 Å². The van der Waals surface area contributed by atoms with Crippen molar-refractivity contribution < 1.29 is 48.6 Å². The lowest BCUT2D eigenvalue weighted by atomic mass is 9.99. The third kappa shape index (κ3) is 3.70. The van der Waals surface area contributed by atoms with Crippen LogP contribution in [0, 0.1) is 13.8 Å². The number of imide groups is 1. The number of amidine groups is 1. The molecule has 0 radical (unpaired) electrons. The van der Waals surface area contributed by atoms with Gasteiger partial charge in [0.05, 0.1) is 24.5 Å². The van der Waals surface area contributed by atoms with Crippen LogP contribution in [0.5, 0.6) is 0 Å². The third-order valence-electron chi connectivity index (χ3n) is 5.44. The number of aliphatic hydroxyl groups excluding tert-OH is 3. The predicted molar refractivity (Wildman–Crippen MR) is 107 cm³/mol. The molecule has 0 aromatic heterocycles. The summed E-state index contributed by atoms with van der Waals surface area (Å²) in [6, 6.07) is 2.54. The van der Waals surface area contributed by atoms with E-state index in [-0.39, 0.29) is 5.84 Å². The van der Waals surface area contributed by atoms with Crippen LogP contribution in [0.25, 0.3) is 0 Å². The molecule has 3 heterocycles. The van der Waals surface area contributed by atoms with E-state index in [4.69, 9.17) is 14.6 Å². The highest BCUT2D eigenvalue weighted by Crippen LogP contribution is 2.53. The zero-order valence-electron chi connectivity index (χ0n) is 16.9. The number of rotatable bonds is 7. The van der Waals surface area contributed by atoms with E-state index < -0.39 is 56.9 Å². The van der Waals surface area contributed by atoms with Crippen molar-refractivity contribution in [3.63, 3.8) is 0 Å². The lowest BCUT2D eigenvalue weighted by molar-refractivity contribution is -0.123. The Kier molecular flexibility index (Phi) is 5.39. The monoisotopic (exact) mass is 472 g/mol. The summed E-state index contributed by atoms with van der Waals surface area (Å²) >= 11 is 0. The maximum absolute atomic E-state index is 12.6. The minimum Gasteiger partial charge on any atom is -0.388 e. The highest BCUT2D eigenvalue weighted by atomic mass is 31.2. The summed E-state index contributed by atoms with van der Waals surface area (Å²) in [5.74, 6) is -0.902. The molecular weight excluding hydrogens is 451 g/mol. The van der Waals surface area contributed by atoms with Crippen molar-refractivity contribution in [3.8, 4) is 0 Å². The SMILES string of the molecule is Cc1cc2c(cc1C)N1O[C@@]13C(=O)NC(=O)N=C3N2C[C@@H](O)[C@@H](O)[C@@H](O)COP(=O)(O)O. The van der Waals surface area contributed by atoms with Crippen LogP contribution in [-0.2, 0) is 18.7 Å². The first-order valence-corrected chi connectivity index (χ1v) is 10.9. The number of phosphoric acid groups is 1. The number of carbonyl (C=O) groups excluding carboxylic acids is 2. The largest absolute Gasteiger partial charge is 0.469 e. The highest BCUT2D eigenvalue weighted by Gasteiger charge is 2.72. The second-order valence-corrected chi connectivity index (χ2v) is 8.91. The number of hydrogen-bond donors (Lipinski definition) is 6. The van der Waals surface area contributed by atoms with Crippen LogP contribution >= 0.6 is 7.82 Å². The molecule has 174 valence electrons. The molecule has 1 fully saturated rings. The van der Waals surface area contributed by atoms with Gasteiger partial charge in [-0.2, -0.15) is 10.1 Å². The molecule has 4 atom stereocenters. The predicted octanol–water partition coefficient (Wildman–Crippen LogP) is -1.59. The number of nitrogens with one attached hydrogen (secondary N) is 1. The molecule has 15 heteroatoms. The number of fused-ring (bicyclic) bond motifs is 2. The molecule has 1 saturated heterocycles. The van der Waals surface area contributed by atoms with Gasteiger partial charge in [-0.25, -0.2) is 14.2 Å². The summed E-state index contributed by atoms with van der Waals surface area (Å²) < 4.78 is 15.0. The van der Waals surface area contributed by atoms with Gasteiger partial charge >= 0.3 is 19.6 Å². The van der Waals surface area contributed by atoms with Gasteiger partial charge in [0.25, 0.3) is 5.91 Å². The van der Waals surface area contributed by atoms with Gasteiger partial charge in [-0.05, 0) is 37.1 Å². The smallest absolute Gasteiger partial charge is 0.388 e. The summed E-state index contributed by atoms with van der Waals surface area (Å²) in [5.41, 5.74) is 0.904. The van der Waals surface area contributed by atoms with E-state index in [2.05, 4.69) is 14.8 Å². The van der Waals surface area contributed by atoms with E-state index in [1.807, 2.05) is 13.8 Å². The van der Waals surface area contributed by atoms with Gasteiger partial charge in [0.1, 0.15) is 18.3 Å². The zero-order valence-corrected chi connectivity index (χ0v) is 17.8. The molecular formula is C17H21N4O10P. The molecule has 0 aliphatic carbocycles. The summed E-state index contributed by atoms with van der Waals surface area (Å²) in [7, 11) is -4.90. The molecule has 6 N–H and O–H groups in total. The fourth-order valence-electron chi connectivity index (χ4n) is 3.61. The number of aliphatic hydroxyl groups is 3. The van der Waals surface area contributed by atoms with Crippen LogP contribution in [0.2, 0.25) is 0 Å². The van der Waals surface area contributed by atoms with Gasteiger partial charge < -0.3 is 30.0 Å². The molecule has 14 nitrogen and oxygen atoms in total. The summed E-state index contributed by atoms with van der Waals surface area (Å²) in [5, 5.41) is 34.1. The Morgan fingerprint density at radius 1 is 1.16 bits per heavy atom. The van der Waals surface area contributed by atoms with E-state index >= 15 is 0 Å². The molecule has 1 aromatic rings. The van der Waals surface area contributed by atoms with E-state index in [1.54, 1.807) is 12.1 Å². The van der Waals surface area contributed by atoms with E-state index in [1.165, 1.54) is 9.96 Å². The second kappa shape index (κ2) is 7.57. The van der Waals surface area contributed by atoms with Gasteiger partial charge in [-0.15, -0.1) is 0 Å². The first-order chi connectivity index (χ1) is 14.8. The minimum atomic E-state index is -4.90. The number of hydrogen-bond acceptors (Lipinski definition) is 10. The molecule has 32 heavy (non-hydrogen) atoms. The average Bonchev–Trinajstić information content (AvgIpc) is 3.44. The number of aliphatic imine (C=N–C) groups is 1. The number of benzene rings is 1. The van der Waals surface area contributed by atoms with Crippen molar-refractivity contribution in [2.75, 3.05) is 23.1 Å².